The van der Waals surface area contributed by atoms with E-state index in [9.17, 15) is 4.79 Å². The third-order valence-corrected chi connectivity index (χ3v) is 3.25. The molecule has 4 N–H and O–H groups in total. The number of carbonyl (C=O) groups excluding carboxylic acids is 1. The molecule has 1 atom stereocenters. The molecule has 1 aliphatic rings. The predicted molar refractivity (Wildman–Crippen MR) is 69.7 cm³/mol. The number of nitrogens with two attached hydrogens (primary N) is 2. The molecule has 1 aliphatic heterocycles. The highest BCUT2D eigenvalue weighted by Crippen LogP contribution is 2.29. The number of carbonyl (C=O) groups is 1. The minimum absolute atomic E-state index is 0.307. The van der Waals surface area contributed by atoms with E-state index in [1.807, 2.05) is 17.0 Å². The second-order valence-electron chi connectivity index (χ2n) is 3.89. The summed E-state index contributed by atoms with van der Waals surface area (Å²) in [6.45, 7) is 1.48. The lowest BCUT2D eigenvalue weighted by atomic mass is 10.1. The summed E-state index contributed by atoms with van der Waals surface area (Å²) in [4.78, 5) is 13.3. The van der Waals surface area contributed by atoms with Gasteiger partial charge >= 0.3 is 0 Å². The van der Waals surface area contributed by atoms with Gasteiger partial charge in [-0.1, -0.05) is 15.9 Å². The van der Waals surface area contributed by atoms with Crippen molar-refractivity contribution in [2.45, 2.75) is 6.04 Å². The first kappa shape index (κ1) is 12.2. The van der Waals surface area contributed by atoms with Crippen LogP contribution in [0.4, 0.5) is 11.4 Å². The highest BCUT2D eigenvalue weighted by atomic mass is 79.9. The van der Waals surface area contributed by atoms with E-state index in [1.54, 1.807) is 6.07 Å². The molecule has 1 aromatic carbocycles. The smallest absolute Gasteiger partial charge is 0.242 e. The van der Waals surface area contributed by atoms with Crippen LogP contribution in [0, 0.1) is 0 Å². The summed E-state index contributed by atoms with van der Waals surface area (Å²) in [5.74, 6) is -0.399. The van der Waals surface area contributed by atoms with Crippen LogP contribution in [0.1, 0.15) is 0 Å². The first-order valence-corrected chi connectivity index (χ1v) is 6.07. The van der Waals surface area contributed by atoms with Gasteiger partial charge in [-0.3, -0.25) is 4.79 Å². The molecular weight excluding hydrogens is 286 g/mol. The van der Waals surface area contributed by atoms with Crippen molar-refractivity contribution in [1.82, 2.24) is 0 Å². The third-order valence-electron chi connectivity index (χ3n) is 2.76. The molecule has 0 aliphatic carbocycles. The van der Waals surface area contributed by atoms with Crippen LogP contribution in [-0.4, -0.2) is 31.7 Å². The Balaban J connectivity index is 2.35. The molecule has 1 amide bonds. The molecule has 6 heteroatoms. The van der Waals surface area contributed by atoms with Crippen molar-refractivity contribution in [3.8, 4) is 0 Å². The number of primary amides is 1. The number of benzene rings is 1. The average molecular weight is 300 g/mol. The van der Waals surface area contributed by atoms with Gasteiger partial charge in [0.05, 0.1) is 24.6 Å². The fourth-order valence-corrected chi connectivity index (χ4v) is 2.24. The Bertz CT molecular complexity index is 439. The summed E-state index contributed by atoms with van der Waals surface area (Å²) in [5, 5.41) is 0. The van der Waals surface area contributed by atoms with Gasteiger partial charge in [-0.25, -0.2) is 0 Å². The summed E-state index contributed by atoms with van der Waals surface area (Å²) in [6.07, 6.45) is 0. The molecular formula is C11H14BrN3O2. The summed E-state index contributed by atoms with van der Waals surface area (Å²) in [6, 6.07) is 5.09. The maximum Gasteiger partial charge on any atom is 0.242 e. The van der Waals surface area contributed by atoms with E-state index in [-0.39, 0.29) is 0 Å². The number of rotatable bonds is 2. The fourth-order valence-electron chi connectivity index (χ4n) is 1.89. The molecule has 1 unspecified atom stereocenters. The number of nitrogen functional groups attached to an aromatic ring is 1. The van der Waals surface area contributed by atoms with E-state index in [1.165, 1.54) is 0 Å². The number of nitrogens with zero attached hydrogens (tertiary/aromatic N) is 1. The number of hydrogen-bond donors (Lipinski definition) is 2. The molecule has 2 rings (SSSR count). The van der Waals surface area contributed by atoms with Crippen molar-refractivity contribution in [1.29, 1.82) is 0 Å². The van der Waals surface area contributed by atoms with E-state index in [0.29, 0.717) is 25.4 Å². The third kappa shape index (κ3) is 2.53. The number of amides is 1. The zero-order valence-electron chi connectivity index (χ0n) is 9.23. The Labute approximate surface area is 108 Å². The Kier molecular flexibility index (Phi) is 3.54. The van der Waals surface area contributed by atoms with Crippen molar-refractivity contribution < 1.29 is 9.53 Å². The maximum atomic E-state index is 11.4. The summed E-state index contributed by atoms with van der Waals surface area (Å²) < 4.78 is 6.18. The van der Waals surface area contributed by atoms with Crippen LogP contribution in [0.5, 0.6) is 0 Å². The van der Waals surface area contributed by atoms with Gasteiger partial charge in [0.1, 0.15) is 6.04 Å². The molecule has 1 saturated heterocycles. The number of anilines is 2. The second kappa shape index (κ2) is 4.93. The zero-order chi connectivity index (χ0) is 12.4. The standard InChI is InChI=1S/C11H14BrN3O2/c12-7-1-2-8(13)9(5-7)15-3-4-17-6-10(15)11(14)16/h1-2,5,10H,3-4,6,13H2,(H2,14,16). The van der Waals surface area contributed by atoms with Gasteiger partial charge < -0.3 is 21.1 Å². The number of morpholine rings is 1. The Hall–Kier alpha value is -1.27. The van der Waals surface area contributed by atoms with Crippen LogP contribution >= 0.6 is 15.9 Å². The van der Waals surface area contributed by atoms with Gasteiger partial charge in [0.2, 0.25) is 5.91 Å². The maximum absolute atomic E-state index is 11.4. The molecule has 0 radical (unpaired) electrons. The van der Waals surface area contributed by atoms with E-state index < -0.39 is 11.9 Å². The topological polar surface area (TPSA) is 81.6 Å². The lowest BCUT2D eigenvalue weighted by molar-refractivity contribution is -0.121. The lowest BCUT2D eigenvalue weighted by Crippen LogP contribution is -2.52. The van der Waals surface area contributed by atoms with Crippen LogP contribution in [0.25, 0.3) is 0 Å². The SMILES string of the molecule is NC(=O)C1COCCN1c1cc(Br)ccc1N. The van der Waals surface area contributed by atoms with Crippen LogP contribution in [0.3, 0.4) is 0 Å². The largest absolute Gasteiger partial charge is 0.397 e. The molecule has 0 saturated carbocycles. The minimum Gasteiger partial charge on any atom is -0.397 e. The van der Waals surface area contributed by atoms with Gasteiger partial charge in [-0.15, -0.1) is 0 Å². The van der Waals surface area contributed by atoms with Crippen LogP contribution in [0.15, 0.2) is 22.7 Å². The number of ether oxygens (including phenoxy) is 1. The monoisotopic (exact) mass is 299 g/mol. The van der Waals surface area contributed by atoms with E-state index >= 15 is 0 Å². The van der Waals surface area contributed by atoms with Crippen molar-refractivity contribution in [3.05, 3.63) is 22.7 Å². The zero-order valence-corrected chi connectivity index (χ0v) is 10.8. The molecule has 0 aromatic heterocycles. The van der Waals surface area contributed by atoms with Crippen LogP contribution < -0.4 is 16.4 Å². The van der Waals surface area contributed by atoms with Crippen LogP contribution in [-0.2, 0) is 9.53 Å². The van der Waals surface area contributed by atoms with Gasteiger partial charge in [0.25, 0.3) is 0 Å². The summed E-state index contributed by atoms with van der Waals surface area (Å²) >= 11 is 3.39. The molecule has 5 nitrogen and oxygen atoms in total. The highest BCUT2D eigenvalue weighted by molar-refractivity contribution is 9.10. The first-order valence-electron chi connectivity index (χ1n) is 5.28. The van der Waals surface area contributed by atoms with Crippen LogP contribution in [0.2, 0.25) is 0 Å². The Morgan fingerprint density at radius 2 is 2.29 bits per heavy atom. The van der Waals surface area contributed by atoms with Gasteiger partial charge in [-0.05, 0) is 18.2 Å². The number of halogens is 1. The molecule has 0 spiro atoms. The van der Waals surface area contributed by atoms with Crippen molar-refractivity contribution in [2.75, 3.05) is 30.4 Å². The van der Waals surface area contributed by atoms with Crippen molar-refractivity contribution >= 4 is 33.2 Å². The van der Waals surface area contributed by atoms with Gasteiger partial charge in [-0.2, -0.15) is 0 Å². The normalized spacial score (nSPS) is 20.3. The highest BCUT2D eigenvalue weighted by Gasteiger charge is 2.28. The predicted octanol–water partition coefficient (Wildman–Crippen LogP) is 0.722. The average Bonchev–Trinajstić information content (AvgIpc) is 2.32. The van der Waals surface area contributed by atoms with Gasteiger partial charge in [0, 0.05) is 11.0 Å². The summed E-state index contributed by atoms with van der Waals surface area (Å²) in [7, 11) is 0. The molecule has 0 bridgehead atoms. The van der Waals surface area contributed by atoms with E-state index in [4.69, 9.17) is 16.2 Å². The van der Waals surface area contributed by atoms with E-state index in [0.717, 1.165) is 10.2 Å². The lowest BCUT2D eigenvalue weighted by Gasteiger charge is -2.36. The van der Waals surface area contributed by atoms with Gasteiger partial charge in [0.15, 0.2) is 0 Å². The molecule has 1 aromatic rings. The second-order valence-corrected chi connectivity index (χ2v) is 4.81. The van der Waals surface area contributed by atoms with Crippen molar-refractivity contribution in [2.24, 2.45) is 5.73 Å². The Morgan fingerprint density at radius 1 is 1.53 bits per heavy atom. The summed E-state index contributed by atoms with van der Waals surface area (Å²) in [5.41, 5.74) is 12.7. The molecule has 1 heterocycles. The molecule has 1 fully saturated rings. The van der Waals surface area contributed by atoms with E-state index in [2.05, 4.69) is 15.9 Å². The number of hydrogen-bond acceptors (Lipinski definition) is 4. The fraction of sp³-hybridized carbons (Fsp3) is 0.364. The first-order chi connectivity index (χ1) is 8.09. The Morgan fingerprint density at radius 3 is 3.00 bits per heavy atom. The van der Waals surface area contributed by atoms with Crippen molar-refractivity contribution in [3.63, 3.8) is 0 Å². The molecule has 17 heavy (non-hydrogen) atoms. The molecule has 92 valence electrons. The quantitative estimate of drug-likeness (QED) is 0.789. The minimum atomic E-state index is -0.458.